The third-order valence-electron chi connectivity index (χ3n) is 1.57. The second-order valence-corrected chi connectivity index (χ2v) is 2.36. The molecule has 10 heavy (non-hydrogen) atoms. The van der Waals surface area contributed by atoms with Crippen molar-refractivity contribution in [2.45, 2.75) is 12.8 Å². The fourth-order valence-electron chi connectivity index (χ4n) is 0.860. The highest BCUT2D eigenvalue weighted by atomic mass is 16.1. The molecule has 3 heteroatoms. The van der Waals surface area contributed by atoms with Gasteiger partial charge in [0.05, 0.1) is 14.1 Å². The number of ketones is 1. The highest BCUT2D eigenvalue weighted by molar-refractivity contribution is 5.78. The highest BCUT2D eigenvalue weighted by Gasteiger charge is 2.14. The molecule has 0 aromatic heterocycles. The van der Waals surface area contributed by atoms with Gasteiger partial charge in [-0.1, -0.05) is 0 Å². The summed E-state index contributed by atoms with van der Waals surface area (Å²) < 4.78 is 0. The van der Waals surface area contributed by atoms with Gasteiger partial charge < -0.3 is 0 Å². The van der Waals surface area contributed by atoms with Crippen molar-refractivity contribution in [3.05, 3.63) is 14.1 Å². The Bertz CT molecular complexity index is 122. The quantitative estimate of drug-likeness (QED) is 0.478. The van der Waals surface area contributed by atoms with Crippen molar-refractivity contribution in [3.8, 4) is 0 Å². The van der Waals surface area contributed by atoms with Crippen LogP contribution in [0.1, 0.15) is 12.8 Å². The normalized spacial score (nSPS) is 24.8. The van der Waals surface area contributed by atoms with Gasteiger partial charge in [0, 0.05) is 25.9 Å². The molecular formula is C7H10N2O. The number of Topliss-reactive ketones (excluding diaryl/α,β-unsaturated/α-hetero) is 1. The van der Waals surface area contributed by atoms with Crippen LogP contribution in [0.15, 0.2) is 0 Å². The van der Waals surface area contributed by atoms with Gasteiger partial charge in [-0.05, 0) is 0 Å². The number of carbonyl (C=O) groups excluding carboxylic acids is 1. The Labute approximate surface area is 61.6 Å². The van der Waals surface area contributed by atoms with Crippen LogP contribution in [0.5, 0.6) is 0 Å². The van der Waals surface area contributed by atoms with E-state index in [0.717, 1.165) is 0 Å². The predicted octanol–water partition coefficient (Wildman–Crippen LogP) is 0.205. The molecule has 3 nitrogen and oxygen atoms in total. The number of hydrogen-bond donors (Lipinski definition) is 0. The second kappa shape index (κ2) is 3.12. The van der Waals surface area contributed by atoms with E-state index in [2.05, 4.69) is 0 Å². The van der Waals surface area contributed by atoms with Crippen LogP contribution < -0.4 is 0 Å². The Kier molecular flexibility index (Phi) is 2.40. The van der Waals surface area contributed by atoms with Crippen LogP contribution >= 0.6 is 0 Å². The van der Waals surface area contributed by atoms with Gasteiger partial charge in [-0.2, -0.15) is 0 Å². The van der Waals surface area contributed by atoms with E-state index in [1.54, 1.807) is 0 Å². The van der Waals surface area contributed by atoms with Crippen LogP contribution in [-0.4, -0.2) is 28.9 Å². The summed E-state index contributed by atoms with van der Waals surface area (Å²) in [4.78, 5) is 10.8. The van der Waals surface area contributed by atoms with Gasteiger partial charge >= 0.3 is 0 Å². The Morgan fingerprint density at radius 3 is 1.90 bits per heavy atom. The molecule has 1 saturated heterocycles. The summed E-state index contributed by atoms with van der Waals surface area (Å²) in [5, 5.41) is 2.73. The highest BCUT2D eigenvalue weighted by Crippen LogP contribution is 2.05. The predicted molar refractivity (Wildman–Crippen MR) is 36.3 cm³/mol. The number of carbonyl (C=O) groups is 1. The van der Waals surface area contributed by atoms with Gasteiger partial charge in [0.15, 0.2) is 0 Å². The van der Waals surface area contributed by atoms with Crippen LogP contribution in [0.2, 0.25) is 0 Å². The molecule has 0 aromatic rings. The fraction of sp³-hybridized carbons (Fsp3) is 0.571. The molecule has 0 aromatic carbocycles. The first kappa shape index (κ1) is 7.69. The summed E-state index contributed by atoms with van der Waals surface area (Å²) in [5.41, 5.74) is 0. The maximum Gasteiger partial charge on any atom is 0.135 e. The molecule has 4 radical (unpaired) electrons. The van der Waals surface area contributed by atoms with E-state index in [-0.39, 0.29) is 5.78 Å². The van der Waals surface area contributed by atoms with Crippen molar-refractivity contribution >= 4 is 5.78 Å². The van der Waals surface area contributed by atoms with Crippen LogP contribution in [0.3, 0.4) is 0 Å². The fourth-order valence-corrected chi connectivity index (χ4v) is 0.860. The standard InChI is InChI=1S/C7H10N2O/c1-8-5-3-7(10)4-6-9(8)2/h1-2H,3-6H2. The summed E-state index contributed by atoms with van der Waals surface area (Å²) in [7, 11) is 10.8. The lowest BCUT2D eigenvalue weighted by Gasteiger charge is -2.23. The number of rotatable bonds is 0. The lowest BCUT2D eigenvalue weighted by atomic mass is 10.2. The largest absolute Gasteiger partial charge is 0.300 e. The third kappa shape index (κ3) is 1.78. The minimum Gasteiger partial charge on any atom is -0.300 e. The third-order valence-corrected chi connectivity index (χ3v) is 1.57. The molecule has 0 unspecified atom stereocenters. The van der Waals surface area contributed by atoms with Gasteiger partial charge in [-0.25, -0.2) is 10.0 Å². The van der Waals surface area contributed by atoms with E-state index in [4.69, 9.17) is 14.1 Å². The maximum atomic E-state index is 10.8. The molecule has 0 spiro atoms. The van der Waals surface area contributed by atoms with Gasteiger partial charge in [0.1, 0.15) is 5.78 Å². The zero-order chi connectivity index (χ0) is 7.56. The molecule has 0 bridgehead atoms. The molecule has 1 aliphatic heterocycles. The molecule has 1 fully saturated rings. The Hall–Kier alpha value is -0.410. The van der Waals surface area contributed by atoms with Crippen LogP contribution in [-0.2, 0) is 4.79 Å². The van der Waals surface area contributed by atoms with E-state index in [9.17, 15) is 4.79 Å². The number of hydrogen-bond acceptors (Lipinski definition) is 3. The topological polar surface area (TPSA) is 23.6 Å². The summed E-state index contributed by atoms with van der Waals surface area (Å²) in [5.74, 6) is 0.225. The zero-order valence-corrected chi connectivity index (χ0v) is 5.79. The molecular weight excluding hydrogens is 128 g/mol. The minimum atomic E-state index is 0.225. The van der Waals surface area contributed by atoms with Crippen molar-refractivity contribution in [1.82, 2.24) is 10.0 Å². The molecule has 1 aliphatic rings. The van der Waals surface area contributed by atoms with E-state index in [1.807, 2.05) is 0 Å². The Balaban J connectivity index is 2.46. The molecule has 0 amide bonds. The molecule has 0 saturated carbocycles. The summed E-state index contributed by atoms with van der Waals surface area (Å²) in [6.45, 7) is 1.05. The van der Waals surface area contributed by atoms with Gasteiger partial charge in [0.2, 0.25) is 0 Å². The van der Waals surface area contributed by atoms with E-state index in [0.29, 0.717) is 25.9 Å². The minimum absolute atomic E-state index is 0.225. The first-order valence-electron chi connectivity index (χ1n) is 3.26. The monoisotopic (exact) mass is 138 g/mol. The number of nitrogens with zero attached hydrogens (tertiary/aromatic N) is 2. The molecule has 54 valence electrons. The SMILES string of the molecule is [CH]N1CCC(=O)CCN1[CH]. The van der Waals surface area contributed by atoms with Crippen molar-refractivity contribution < 1.29 is 4.79 Å². The Morgan fingerprint density at radius 1 is 1.10 bits per heavy atom. The second-order valence-electron chi connectivity index (χ2n) is 2.36. The smallest absolute Gasteiger partial charge is 0.135 e. The number of hydrazine groups is 1. The van der Waals surface area contributed by atoms with Crippen LogP contribution in [0.25, 0.3) is 0 Å². The molecule has 0 atom stereocenters. The van der Waals surface area contributed by atoms with E-state index in [1.165, 1.54) is 10.0 Å². The molecule has 1 rings (SSSR count). The average Bonchev–Trinajstić information content (AvgIpc) is 2.04. The zero-order valence-electron chi connectivity index (χ0n) is 5.79. The van der Waals surface area contributed by atoms with Crippen LogP contribution in [0.4, 0.5) is 0 Å². The van der Waals surface area contributed by atoms with E-state index < -0.39 is 0 Å². The first-order valence-corrected chi connectivity index (χ1v) is 3.26. The summed E-state index contributed by atoms with van der Waals surface area (Å²) in [6.07, 6.45) is 1.01. The lowest BCUT2D eigenvalue weighted by molar-refractivity contribution is -0.118. The van der Waals surface area contributed by atoms with Gasteiger partial charge in [-0.15, -0.1) is 0 Å². The molecule has 0 N–H and O–H groups in total. The molecule has 0 aliphatic carbocycles. The van der Waals surface area contributed by atoms with Gasteiger partial charge in [0.25, 0.3) is 0 Å². The van der Waals surface area contributed by atoms with Crippen molar-refractivity contribution in [1.29, 1.82) is 0 Å². The maximum absolute atomic E-state index is 10.8. The first-order chi connectivity index (χ1) is 4.70. The average molecular weight is 138 g/mol. The lowest BCUT2D eigenvalue weighted by Crippen LogP contribution is -2.32. The van der Waals surface area contributed by atoms with Crippen molar-refractivity contribution in [3.63, 3.8) is 0 Å². The van der Waals surface area contributed by atoms with Gasteiger partial charge in [-0.3, -0.25) is 4.79 Å². The summed E-state index contributed by atoms with van der Waals surface area (Å²) in [6, 6.07) is 0. The van der Waals surface area contributed by atoms with E-state index >= 15 is 0 Å². The van der Waals surface area contributed by atoms with Crippen molar-refractivity contribution in [2.24, 2.45) is 0 Å². The summed E-state index contributed by atoms with van der Waals surface area (Å²) >= 11 is 0. The molecule has 1 heterocycles. The Morgan fingerprint density at radius 2 is 1.50 bits per heavy atom. The van der Waals surface area contributed by atoms with Crippen molar-refractivity contribution in [2.75, 3.05) is 13.1 Å². The van der Waals surface area contributed by atoms with Crippen LogP contribution in [0, 0.1) is 14.1 Å².